The minimum Gasteiger partial charge on any atom is -0.488 e. The summed E-state index contributed by atoms with van der Waals surface area (Å²) >= 11 is 0. The number of aryl methyl sites for hydroxylation is 1. The fourth-order valence-electron chi connectivity index (χ4n) is 2.17. The van der Waals surface area contributed by atoms with E-state index in [9.17, 15) is 8.78 Å². The average molecular weight is 257 g/mol. The lowest BCUT2D eigenvalue weighted by Gasteiger charge is -2.14. The zero-order valence-corrected chi connectivity index (χ0v) is 10.6. The van der Waals surface area contributed by atoms with E-state index in [1.165, 1.54) is 7.11 Å². The first kappa shape index (κ1) is 13.1. The summed E-state index contributed by atoms with van der Waals surface area (Å²) in [5.41, 5.74) is 0.826. The third-order valence-electron chi connectivity index (χ3n) is 3.14. The summed E-state index contributed by atoms with van der Waals surface area (Å²) in [6, 6.07) is 3.56. The third-order valence-corrected chi connectivity index (χ3v) is 3.14. The summed E-state index contributed by atoms with van der Waals surface area (Å²) in [6.07, 6.45) is 0.382. The Morgan fingerprint density at radius 2 is 2.22 bits per heavy atom. The minimum atomic E-state index is -2.52. The number of ether oxygens (including phenoxy) is 2. The van der Waals surface area contributed by atoms with E-state index in [4.69, 9.17) is 9.47 Å². The topological polar surface area (TPSA) is 31.4 Å². The zero-order valence-electron chi connectivity index (χ0n) is 10.6. The van der Waals surface area contributed by atoms with Gasteiger partial charge < -0.3 is 9.47 Å². The van der Waals surface area contributed by atoms with Crippen LogP contribution < -0.4 is 9.47 Å². The molecule has 0 N–H and O–H groups in total. The van der Waals surface area contributed by atoms with Gasteiger partial charge in [0, 0.05) is 18.5 Å². The van der Waals surface area contributed by atoms with E-state index in [1.807, 2.05) is 6.92 Å². The molecule has 0 aromatic carbocycles. The van der Waals surface area contributed by atoms with Crippen molar-refractivity contribution in [2.24, 2.45) is 5.92 Å². The van der Waals surface area contributed by atoms with Crippen molar-refractivity contribution in [1.29, 1.82) is 0 Å². The first-order chi connectivity index (χ1) is 8.50. The van der Waals surface area contributed by atoms with E-state index in [-0.39, 0.29) is 25.4 Å². The van der Waals surface area contributed by atoms with Crippen LogP contribution in [0.3, 0.4) is 0 Å². The molecule has 3 nitrogen and oxygen atoms in total. The Morgan fingerprint density at radius 1 is 1.44 bits per heavy atom. The molecule has 0 spiro atoms. The standard InChI is InChI=1S/C13H17F2NO2/c1-9-3-4-11(12(16-9)17-2)18-8-10-5-6-13(14,15)7-10/h3-4,10H,5-8H2,1-2H3. The van der Waals surface area contributed by atoms with Gasteiger partial charge in [0.2, 0.25) is 5.92 Å². The van der Waals surface area contributed by atoms with Crippen molar-refractivity contribution < 1.29 is 18.3 Å². The van der Waals surface area contributed by atoms with Crippen molar-refractivity contribution in [2.45, 2.75) is 32.1 Å². The van der Waals surface area contributed by atoms with Gasteiger partial charge in [-0.15, -0.1) is 0 Å². The summed E-state index contributed by atoms with van der Waals surface area (Å²) in [5.74, 6) is -1.70. The van der Waals surface area contributed by atoms with Gasteiger partial charge in [-0.05, 0) is 31.4 Å². The molecule has 1 aliphatic rings. The van der Waals surface area contributed by atoms with Crippen molar-refractivity contribution in [1.82, 2.24) is 4.98 Å². The number of aromatic nitrogens is 1. The average Bonchev–Trinajstić information content (AvgIpc) is 2.67. The number of rotatable bonds is 4. The molecule has 1 aromatic rings. The number of methoxy groups -OCH3 is 1. The van der Waals surface area contributed by atoms with E-state index < -0.39 is 5.92 Å². The van der Waals surface area contributed by atoms with Crippen molar-refractivity contribution >= 4 is 0 Å². The number of alkyl halides is 2. The fraction of sp³-hybridized carbons (Fsp3) is 0.615. The fourth-order valence-corrected chi connectivity index (χ4v) is 2.17. The molecule has 5 heteroatoms. The SMILES string of the molecule is COc1nc(C)ccc1OCC1CCC(F)(F)C1. The normalized spacial score (nSPS) is 21.9. The molecule has 1 unspecified atom stereocenters. The van der Waals surface area contributed by atoms with Crippen LogP contribution in [0.25, 0.3) is 0 Å². The van der Waals surface area contributed by atoms with Crippen molar-refractivity contribution in [2.75, 3.05) is 13.7 Å². The summed E-state index contributed by atoms with van der Waals surface area (Å²) in [7, 11) is 1.51. The second kappa shape index (κ2) is 5.08. The Labute approximate surface area is 105 Å². The molecule has 1 aliphatic carbocycles. The maximum Gasteiger partial charge on any atom is 0.256 e. The van der Waals surface area contributed by atoms with Gasteiger partial charge in [0.25, 0.3) is 5.88 Å². The largest absolute Gasteiger partial charge is 0.488 e. The Kier molecular flexibility index (Phi) is 3.68. The maximum absolute atomic E-state index is 13.0. The first-order valence-electron chi connectivity index (χ1n) is 6.02. The predicted octanol–water partition coefficient (Wildman–Crippen LogP) is 3.21. The van der Waals surface area contributed by atoms with E-state index in [1.54, 1.807) is 12.1 Å². The highest BCUT2D eigenvalue weighted by Gasteiger charge is 2.39. The molecule has 0 bridgehead atoms. The van der Waals surface area contributed by atoms with Gasteiger partial charge in [-0.3, -0.25) is 0 Å². The Balaban J connectivity index is 1.94. The van der Waals surface area contributed by atoms with Crippen LogP contribution in [0.15, 0.2) is 12.1 Å². The van der Waals surface area contributed by atoms with Crippen LogP contribution in [0.2, 0.25) is 0 Å². The Hall–Kier alpha value is -1.39. The van der Waals surface area contributed by atoms with Gasteiger partial charge >= 0.3 is 0 Å². The highest BCUT2D eigenvalue weighted by atomic mass is 19.3. The zero-order chi connectivity index (χ0) is 13.2. The summed E-state index contributed by atoms with van der Waals surface area (Å²) in [4.78, 5) is 4.17. The lowest BCUT2D eigenvalue weighted by molar-refractivity contribution is 0.00287. The smallest absolute Gasteiger partial charge is 0.256 e. The van der Waals surface area contributed by atoms with E-state index in [0.29, 0.717) is 18.1 Å². The Bertz CT molecular complexity index is 423. The number of hydrogen-bond donors (Lipinski definition) is 0. The molecule has 18 heavy (non-hydrogen) atoms. The first-order valence-corrected chi connectivity index (χ1v) is 6.02. The lowest BCUT2D eigenvalue weighted by atomic mass is 10.1. The van der Waals surface area contributed by atoms with Gasteiger partial charge in [-0.1, -0.05) is 0 Å². The van der Waals surface area contributed by atoms with E-state index >= 15 is 0 Å². The van der Waals surface area contributed by atoms with Crippen molar-refractivity contribution in [3.8, 4) is 11.6 Å². The highest BCUT2D eigenvalue weighted by molar-refractivity contribution is 5.34. The number of hydrogen-bond acceptors (Lipinski definition) is 3. The molecule has 1 aromatic heterocycles. The molecule has 100 valence electrons. The monoisotopic (exact) mass is 257 g/mol. The minimum absolute atomic E-state index is 0.0374. The molecule has 0 amide bonds. The van der Waals surface area contributed by atoms with Gasteiger partial charge in [-0.25, -0.2) is 13.8 Å². The Morgan fingerprint density at radius 3 is 2.83 bits per heavy atom. The maximum atomic E-state index is 13.0. The van der Waals surface area contributed by atoms with Gasteiger partial charge in [0.05, 0.1) is 13.7 Å². The van der Waals surface area contributed by atoms with Crippen LogP contribution in [0, 0.1) is 12.8 Å². The molecule has 1 saturated carbocycles. The van der Waals surface area contributed by atoms with Gasteiger partial charge in [0.1, 0.15) is 0 Å². The summed E-state index contributed by atoms with van der Waals surface area (Å²) < 4.78 is 36.7. The number of pyridine rings is 1. The van der Waals surface area contributed by atoms with Crippen molar-refractivity contribution in [3.05, 3.63) is 17.8 Å². The number of halogens is 2. The van der Waals surface area contributed by atoms with Crippen LogP contribution in [-0.4, -0.2) is 24.6 Å². The van der Waals surface area contributed by atoms with Crippen LogP contribution in [0.4, 0.5) is 8.78 Å². The van der Waals surface area contributed by atoms with E-state index in [0.717, 1.165) is 5.69 Å². The molecule has 1 fully saturated rings. The molecule has 0 saturated heterocycles. The van der Waals surface area contributed by atoms with Crippen molar-refractivity contribution in [3.63, 3.8) is 0 Å². The molecule has 1 atom stereocenters. The second-order valence-corrected chi connectivity index (χ2v) is 4.74. The van der Waals surface area contributed by atoms with Crippen LogP contribution in [-0.2, 0) is 0 Å². The van der Waals surface area contributed by atoms with Crippen LogP contribution >= 0.6 is 0 Å². The summed E-state index contributed by atoms with van der Waals surface area (Å²) in [6.45, 7) is 2.14. The van der Waals surface area contributed by atoms with E-state index in [2.05, 4.69) is 4.98 Å². The molecule has 0 aliphatic heterocycles. The predicted molar refractivity (Wildman–Crippen MR) is 63.3 cm³/mol. The van der Waals surface area contributed by atoms with Gasteiger partial charge in [0.15, 0.2) is 5.75 Å². The highest BCUT2D eigenvalue weighted by Crippen LogP contribution is 2.39. The molecule has 0 radical (unpaired) electrons. The summed E-state index contributed by atoms with van der Waals surface area (Å²) in [5, 5.41) is 0. The molecule has 2 rings (SSSR count). The number of nitrogens with zero attached hydrogens (tertiary/aromatic N) is 1. The van der Waals surface area contributed by atoms with Crippen LogP contribution in [0.1, 0.15) is 25.0 Å². The van der Waals surface area contributed by atoms with Gasteiger partial charge in [-0.2, -0.15) is 0 Å². The molecular weight excluding hydrogens is 240 g/mol. The third kappa shape index (κ3) is 3.09. The lowest BCUT2D eigenvalue weighted by Crippen LogP contribution is -2.14. The quantitative estimate of drug-likeness (QED) is 0.830. The second-order valence-electron chi connectivity index (χ2n) is 4.74. The van der Waals surface area contributed by atoms with Crippen LogP contribution in [0.5, 0.6) is 11.6 Å². The molecule has 1 heterocycles. The molecular formula is C13H17F2NO2.